The predicted octanol–water partition coefficient (Wildman–Crippen LogP) is 4.62. The van der Waals surface area contributed by atoms with Gasteiger partial charge in [-0.25, -0.2) is 4.98 Å². The number of nitrogens with zero attached hydrogens (tertiary/aromatic N) is 1. The van der Waals surface area contributed by atoms with E-state index >= 15 is 0 Å². The molecule has 2 N–H and O–H groups in total. The summed E-state index contributed by atoms with van der Waals surface area (Å²) >= 11 is 1.59. The van der Waals surface area contributed by atoms with Crippen LogP contribution in [0.1, 0.15) is 0 Å². The molecular weight excluding hydrogens is 308 g/mol. The number of aromatic nitrogens is 1. The fourth-order valence-corrected chi connectivity index (χ4v) is 2.79. The van der Waals surface area contributed by atoms with E-state index in [1.165, 1.54) is 0 Å². The van der Waals surface area contributed by atoms with Crippen molar-refractivity contribution < 1.29 is 9.47 Å². The highest BCUT2D eigenvalue weighted by molar-refractivity contribution is 7.99. The van der Waals surface area contributed by atoms with Gasteiger partial charge in [0.25, 0.3) is 0 Å². The van der Waals surface area contributed by atoms with E-state index in [1.807, 2.05) is 60.7 Å². The van der Waals surface area contributed by atoms with E-state index < -0.39 is 0 Å². The van der Waals surface area contributed by atoms with E-state index in [0.29, 0.717) is 11.6 Å². The van der Waals surface area contributed by atoms with Crippen LogP contribution in [0.2, 0.25) is 0 Å². The summed E-state index contributed by atoms with van der Waals surface area (Å²) in [5.74, 6) is 2.48. The van der Waals surface area contributed by atoms with Gasteiger partial charge in [-0.15, -0.1) is 0 Å². The summed E-state index contributed by atoms with van der Waals surface area (Å²) in [6, 6.07) is 19.3. The molecule has 2 aromatic carbocycles. The fraction of sp³-hybridized carbons (Fsp3) is 0.0556. The number of nitrogen functional groups attached to an aromatic ring is 1. The van der Waals surface area contributed by atoms with Gasteiger partial charge in [-0.2, -0.15) is 0 Å². The van der Waals surface area contributed by atoms with Crippen molar-refractivity contribution in [3.05, 3.63) is 66.9 Å². The standard InChI is InChI=1S/C18H16N2O2S/c1-21-13-7-9-15(10-8-13)23-16-11-17(18(19)20-12-16)22-14-5-3-2-4-6-14/h2-12H,1H3,(H2,19,20). The number of anilines is 1. The Kier molecular flexibility index (Phi) is 4.68. The Bertz CT molecular complexity index is 777. The summed E-state index contributed by atoms with van der Waals surface area (Å²) in [6.07, 6.45) is 1.74. The Morgan fingerprint density at radius 1 is 0.913 bits per heavy atom. The summed E-state index contributed by atoms with van der Waals surface area (Å²) in [4.78, 5) is 6.25. The Labute approximate surface area is 139 Å². The number of ether oxygens (including phenoxy) is 2. The molecule has 1 aromatic heterocycles. The molecule has 0 spiro atoms. The molecule has 0 radical (unpaired) electrons. The molecule has 3 rings (SSSR count). The lowest BCUT2D eigenvalue weighted by atomic mass is 10.3. The van der Waals surface area contributed by atoms with Gasteiger partial charge in [-0.05, 0) is 36.4 Å². The highest BCUT2D eigenvalue weighted by atomic mass is 32.2. The minimum absolute atomic E-state index is 0.368. The van der Waals surface area contributed by atoms with Crippen molar-refractivity contribution in [3.63, 3.8) is 0 Å². The molecule has 0 saturated carbocycles. The number of pyridine rings is 1. The molecule has 5 heteroatoms. The Balaban J connectivity index is 1.79. The van der Waals surface area contributed by atoms with E-state index in [-0.39, 0.29) is 0 Å². The maximum atomic E-state index is 5.91. The first-order valence-corrected chi connectivity index (χ1v) is 7.86. The van der Waals surface area contributed by atoms with Gasteiger partial charge in [-0.1, -0.05) is 30.0 Å². The second-order valence-electron chi connectivity index (χ2n) is 4.75. The molecular formula is C18H16N2O2S. The number of para-hydroxylation sites is 1. The number of hydrogen-bond donors (Lipinski definition) is 1. The van der Waals surface area contributed by atoms with Gasteiger partial charge >= 0.3 is 0 Å². The molecule has 0 aliphatic heterocycles. The van der Waals surface area contributed by atoms with Crippen molar-refractivity contribution in [1.29, 1.82) is 0 Å². The van der Waals surface area contributed by atoms with Gasteiger partial charge in [0.1, 0.15) is 11.5 Å². The average molecular weight is 324 g/mol. The molecule has 0 amide bonds. The lowest BCUT2D eigenvalue weighted by Crippen LogP contribution is -1.95. The van der Waals surface area contributed by atoms with E-state index in [2.05, 4.69) is 4.98 Å². The third-order valence-corrected chi connectivity index (χ3v) is 4.09. The molecule has 3 aromatic rings. The third-order valence-electron chi connectivity index (χ3n) is 3.12. The maximum Gasteiger partial charge on any atom is 0.170 e. The van der Waals surface area contributed by atoms with Crippen LogP contribution in [0.15, 0.2) is 76.7 Å². The van der Waals surface area contributed by atoms with E-state index in [0.717, 1.165) is 21.3 Å². The van der Waals surface area contributed by atoms with Crippen LogP contribution in [0.5, 0.6) is 17.2 Å². The van der Waals surface area contributed by atoms with Crippen molar-refractivity contribution in [3.8, 4) is 17.2 Å². The molecule has 116 valence electrons. The van der Waals surface area contributed by atoms with Crippen LogP contribution in [0.4, 0.5) is 5.82 Å². The summed E-state index contributed by atoms with van der Waals surface area (Å²) in [5.41, 5.74) is 5.91. The van der Waals surface area contributed by atoms with E-state index in [4.69, 9.17) is 15.2 Å². The highest BCUT2D eigenvalue weighted by Gasteiger charge is 2.07. The number of benzene rings is 2. The van der Waals surface area contributed by atoms with Crippen molar-refractivity contribution in [1.82, 2.24) is 4.98 Å². The Morgan fingerprint density at radius 3 is 2.35 bits per heavy atom. The maximum absolute atomic E-state index is 5.91. The first-order valence-electron chi connectivity index (χ1n) is 7.05. The second-order valence-corrected chi connectivity index (χ2v) is 5.89. The summed E-state index contributed by atoms with van der Waals surface area (Å²) in [5, 5.41) is 0. The van der Waals surface area contributed by atoms with Crippen molar-refractivity contribution in [2.24, 2.45) is 0 Å². The lowest BCUT2D eigenvalue weighted by Gasteiger charge is -2.09. The normalized spacial score (nSPS) is 10.3. The smallest absolute Gasteiger partial charge is 0.170 e. The summed E-state index contributed by atoms with van der Waals surface area (Å²) in [6.45, 7) is 0. The lowest BCUT2D eigenvalue weighted by molar-refractivity contribution is 0.414. The van der Waals surface area contributed by atoms with Gasteiger partial charge < -0.3 is 15.2 Å². The SMILES string of the molecule is COc1ccc(Sc2cnc(N)c(Oc3ccccc3)c2)cc1. The van der Waals surface area contributed by atoms with Crippen LogP contribution in [-0.2, 0) is 0 Å². The molecule has 0 bridgehead atoms. The van der Waals surface area contributed by atoms with E-state index in [9.17, 15) is 0 Å². The zero-order chi connectivity index (χ0) is 16.1. The first-order chi connectivity index (χ1) is 11.2. The largest absolute Gasteiger partial charge is 0.497 e. The van der Waals surface area contributed by atoms with Gasteiger partial charge in [0, 0.05) is 22.1 Å². The highest BCUT2D eigenvalue weighted by Crippen LogP contribution is 2.34. The van der Waals surface area contributed by atoms with E-state index in [1.54, 1.807) is 25.1 Å². The Hall–Kier alpha value is -2.66. The summed E-state index contributed by atoms with van der Waals surface area (Å²) in [7, 11) is 1.65. The van der Waals surface area contributed by atoms with Crippen LogP contribution >= 0.6 is 11.8 Å². The molecule has 0 aliphatic carbocycles. The molecule has 4 nitrogen and oxygen atoms in total. The quantitative estimate of drug-likeness (QED) is 0.742. The van der Waals surface area contributed by atoms with Crippen LogP contribution in [0.3, 0.4) is 0 Å². The van der Waals surface area contributed by atoms with Crippen LogP contribution in [-0.4, -0.2) is 12.1 Å². The number of nitrogens with two attached hydrogens (primary N) is 1. The van der Waals surface area contributed by atoms with Gasteiger partial charge in [-0.3, -0.25) is 0 Å². The van der Waals surface area contributed by atoms with Crippen molar-refractivity contribution in [2.75, 3.05) is 12.8 Å². The third kappa shape index (κ3) is 3.96. The molecule has 0 atom stereocenters. The van der Waals surface area contributed by atoms with Gasteiger partial charge in [0.2, 0.25) is 0 Å². The topological polar surface area (TPSA) is 57.4 Å². The Morgan fingerprint density at radius 2 is 1.65 bits per heavy atom. The first kappa shape index (κ1) is 15.2. The van der Waals surface area contributed by atoms with Crippen molar-refractivity contribution in [2.45, 2.75) is 9.79 Å². The summed E-state index contributed by atoms with van der Waals surface area (Å²) < 4.78 is 11.0. The zero-order valence-electron chi connectivity index (χ0n) is 12.6. The number of methoxy groups -OCH3 is 1. The molecule has 1 heterocycles. The molecule has 0 aliphatic rings. The molecule has 0 saturated heterocycles. The van der Waals surface area contributed by atoms with Crippen molar-refractivity contribution >= 4 is 17.6 Å². The number of hydrogen-bond acceptors (Lipinski definition) is 5. The minimum Gasteiger partial charge on any atom is -0.497 e. The minimum atomic E-state index is 0.368. The molecule has 23 heavy (non-hydrogen) atoms. The monoisotopic (exact) mass is 324 g/mol. The molecule has 0 fully saturated rings. The fourth-order valence-electron chi connectivity index (χ4n) is 1.97. The van der Waals surface area contributed by atoms with Crippen LogP contribution in [0, 0.1) is 0 Å². The predicted molar refractivity (Wildman–Crippen MR) is 92.3 cm³/mol. The van der Waals surface area contributed by atoms with Gasteiger partial charge in [0.05, 0.1) is 7.11 Å². The average Bonchev–Trinajstić information content (AvgIpc) is 2.59. The van der Waals surface area contributed by atoms with Gasteiger partial charge in [0.15, 0.2) is 11.6 Å². The van der Waals surface area contributed by atoms with Crippen LogP contribution in [0.25, 0.3) is 0 Å². The van der Waals surface area contributed by atoms with Crippen LogP contribution < -0.4 is 15.2 Å². The zero-order valence-corrected chi connectivity index (χ0v) is 13.4. The number of rotatable bonds is 5. The second kappa shape index (κ2) is 7.07. The molecule has 0 unspecified atom stereocenters.